The lowest BCUT2D eigenvalue weighted by molar-refractivity contribution is 0.140. The molecule has 5 nitrogen and oxygen atoms in total. The minimum Gasteiger partial charge on any atom is -0.448 e. The van der Waals surface area contributed by atoms with E-state index in [0.717, 1.165) is 30.9 Å². The average molecular weight is 343 g/mol. The van der Waals surface area contributed by atoms with Crippen LogP contribution in [0, 0.1) is 0 Å². The van der Waals surface area contributed by atoms with Gasteiger partial charge in [-0.25, -0.2) is 4.79 Å². The van der Waals surface area contributed by atoms with E-state index in [1.165, 1.54) is 25.7 Å². The summed E-state index contributed by atoms with van der Waals surface area (Å²) in [5.41, 5.74) is 1.68. The van der Waals surface area contributed by atoms with Gasteiger partial charge < -0.3 is 9.47 Å². The Labute approximate surface area is 144 Å². The van der Waals surface area contributed by atoms with Crippen molar-refractivity contribution in [3.05, 3.63) is 29.8 Å². The van der Waals surface area contributed by atoms with E-state index in [2.05, 4.69) is 10.2 Å². The summed E-state index contributed by atoms with van der Waals surface area (Å²) in [5.74, 6) is 0. The molecule has 1 aliphatic rings. The summed E-state index contributed by atoms with van der Waals surface area (Å²) < 4.78 is 10.4. The van der Waals surface area contributed by atoms with E-state index in [-0.39, 0.29) is 12.4 Å². The standard InChI is InChI=1S/C17H26N2O3.ClH/c1-21-14-15-8-4-5-9-16(15)18-17(20)22-13-12-19-10-6-2-3-7-11-19;/h4-5,8-9H,2-3,6-7,10-14H2,1H3,(H,18,20);1H. The number of hydrogen-bond acceptors (Lipinski definition) is 4. The van der Waals surface area contributed by atoms with Crippen molar-refractivity contribution < 1.29 is 14.3 Å². The molecule has 6 heteroatoms. The van der Waals surface area contributed by atoms with Crippen LogP contribution in [0.5, 0.6) is 0 Å². The van der Waals surface area contributed by atoms with Gasteiger partial charge in [0.15, 0.2) is 0 Å². The summed E-state index contributed by atoms with van der Waals surface area (Å²) in [7, 11) is 1.64. The first-order chi connectivity index (χ1) is 10.8. The number of carbonyl (C=O) groups excluding carboxylic acids is 1. The van der Waals surface area contributed by atoms with Gasteiger partial charge in [0.2, 0.25) is 0 Å². The van der Waals surface area contributed by atoms with Crippen molar-refractivity contribution >= 4 is 24.2 Å². The van der Waals surface area contributed by atoms with Crippen molar-refractivity contribution in [2.75, 3.05) is 38.7 Å². The molecule has 1 saturated heterocycles. The number of rotatable bonds is 6. The van der Waals surface area contributed by atoms with Gasteiger partial charge in [0.1, 0.15) is 6.61 Å². The minimum atomic E-state index is -0.404. The number of ether oxygens (including phenoxy) is 2. The predicted molar refractivity (Wildman–Crippen MR) is 94.3 cm³/mol. The van der Waals surface area contributed by atoms with Crippen LogP contribution in [0.2, 0.25) is 0 Å². The number of methoxy groups -OCH3 is 1. The van der Waals surface area contributed by atoms with Crippen LogP contribution < -0.4 is 5.32 Å². The third-order valence-electron chi connectivity index (χ3n) is 3.89. The highest BCUT2D eigenvalue weighted by Gasteiger charge is 2.11. The molecule has 1 N–H and O–H groups in total. The lowest BCUT2D eigenvalue weighted by Gasteiger charge is -2.19. The molecule has 1 fully saturated rings. The molecule has 0 aliphatic carbocycles. The zero-order valence-corrected chi connectivity index (χ0v) is 14.6. The first kappa shape index (κ1) is 19.7. The number of carbonyl (C=O) groups is 1. The Morgan fingerprint density at radius 2 is 1.87 bits per heavy atom. The Bertz CT molecular complexity index is 463. The molecule has 23 heavy (non-hydrogen) atoms. The average Bonchev–Trinajstić information content (AvgIpc) is 2.78. The van der Waals surface area contributed by atoms with Gasteiger partial charge in [-0.2, -0.15) is 0 Å². The molecule has 1 aromatic carbocycles. The molecule has 0 radical (unpaired) electrons. The first-order valence-corrected chi connectivity index (χ1v) is 8.02. The molecule has 0 bridgehead atoms. The van der Waals surface area contributed by atoms with Gasteiger partial charge >= 0.3 is 6.09 Å². The number of nitrogens with one attached hydrogen (secondary N) is 1. The minimum absolute atomic E-state index is 0. The first-order valence-electron chi connectivity index (χ1n) is 8.02. The number of anilines is 1. The van der Waals surface area contributed by atoms with E-state index in [1.807, 2.05) is 24.3 Å². The summed E-state index contributed by atoms with van der Waals surface area (Å²) in [6.45, 7) is 3.93. The van der Waals surface area contributed by atoms with Crippen molar-refractivity contribution in [2.45, 2.75) is 32.3 Å². The highest BCUT2D eigenvalue weighted by atomic mass is 35.5. The molecular formula is C17H27ClN2O3. The number of benzene rings is 1. The summed E-state index contributed by atoms with van der Waals surface area (Å²) in [4.78, 5) is 14.3. The molecule has 1 aromatic rings. The normalized spacial score (nSPS) is 15.3. The van der Waals surface area contributed by atoms with Crippen LogP contribution in [0.1, 0.15) is 31.2 Å². The van der Waals surface area contributed by atoms with Crippen LogP contribution in [0.25, 0.3) is 0 Å². The maximum atomic E-state index is 11.9. The van der Waals surface area contributed by atoms with Crippen molar-refractivity contribution in [1.29, 1.82) is 0 Å². The number of amides is 1. The summed E-state index contributed by atoms with van der Waals surface area (Å²) in [5, 5.41) is 2.79. The van der Waals surface area contributed by atoms with Crippen LogP contribution in [-0.4, -0.2) is 44.3 Å². The Kier molecular flexibility index (Phi) is 9.67. The van der Waals surface area contributed by atoms with Gasteiger partial charge in [-0.1, -0.05) is 31.0 Å². The molecule has 0 atom stereocenters. The topological polar surface area (TPSA) is 50.8 Å². The maximum absolute atomic E-state index is 11.9. The molecule has 2 rings (SSSR count). The zero-order valence-electron chi connectivity index (χ0n) is 13.8. The number of para-hydroxylation sites is 1. The van der Waals surface area contributed by atoms with E-state index in [9.17, 15) is 4.79 Å². The van der Waals surface area contributed by atoms with E-state index in [4.69, 9.17) is 9.47 Å². The van der Waals surface area contributed by atoms with Crippen LogP contribution in [0.15, 0.2) is 24.3 Å². The smallest absolute Gasteiger partial charge is 0.411 e. The molecule has 0 saturated carbocycles. The fraction of sp³-hybridized carbons (Fsp3) is 0.588. The monoisotopic (exact) mass is 342 g/mol. The van der Waals surface area contributed by atoms with Crippen LogP contribution in [0.3, 0.4) is 0 Å². The van der Waals surface area contributed by atoms with Gasteiger partial charge in [-0.15, -0.1) is 12.4 Å². The molecular weight excluding hydrogens is 316 g/mol. The maximum Gasteiger partial charge on any atom is 0.411 e. The number of nitrogens with zero attached hydrogens (tertiary/aromatic N) is 1. The molecule has 130 valence electrons. The van der Waals surface area contributed by atoms with E-state index in [0.29, 0.717) is 13.2 Å². The van der Waals surface area contributed by atoms with Crippen LogP contribution in [0.4, 0.5) is 10.5 Å². The SMILES string of the molecule is COCc1ccccc1NC(=O)OCCN1CCCCCC1.Cl. The third-order valence-corrected chi connectivity index (χ3v) is 3.89. The number of halogens is 1. The van der Waals surface area contributed by atoms with Gasteiger partial charge in [0.05, 0.1) is 6.61 Å². The Morgan fingerprint density at radius 1 is 1.17 bits per heavy atom. The van der Waals surface area contributed by atoms with Gasteiger partial charge in [-0.3, -0.25) is 10.2 Å². The Balaban J connectivity index is 0.00000264. The summed E-state index contributed by atoms with van der Waals surface area (Å²) in [6, 6.07) is 7.58. The van der Waals surface area contributed by atoms with Gasteiger partial charge in [0, 0.05) is 24.9 Å². The third kappa shape index (κ3) is 7.20. The van der Waals surface area contributed by atoms with E-state index in [1.54, 1.807) is 7.11 Å². The lowest BCUT2D eigenvalue weighted by Crippen LogP contribution is -2.30. The molecule has 0 spiro atoms. The van der Waals surface area contributed by atoms with E-state index < -0.39 is 6.09 Å². The second-order valence-electron chi connectivity index (χ2n) is 5.61. The van der Waals surface area contributed by atoms with Crippen LogP contribution in [-0.2, 0) is 16.1 Å². The lowest BCUT2D eigenvalue weighted by atomic mass is 10.2. The Hall–Kier alpha value is -1.30. The number of likely N-dealkylation sites (tertiary alicyclic amines) is 1. The van der Waals surface area contributed by atoms with Gasteiger partial charge in [0.25, 0.3) is 0 Å². The second-order valence-corrected chi connectivity index (χ2v) is 5.61. The molecule has 1 heterocycles. The largest absolute Gasteiger partial charge is 0.448 e. The van der Waals surface area contributed by atoms with Crippen molar-refractivity contribution in [2.24, 2.45) is 0 Å². The number of hydrogen-bond donors (Lipinski definition) is 1. The molecule has 0 aromatic heterocycles. The van der Waals surface area contributed by atoms with Gasteiger partial charge in [-0.05, 0) is 32.0 Å². The fourth-order valence-electron chi connectivity index (χ4n) is 2.70. The highest BCUT2D eigenvalue weighted by molar-refractivity contribution is 5.85. The zero-order chi connectivity index (χ0) is 15.6. The quantitative estimate of drug-likeness (QED) is 0.856. The van der Waals surface area contributed by atoms with Crippen molar-refractivity contribution in [3.63, 3.8) is 0 Å². The molecule has 0 unspecified atom stereocenters. The van der Waals surface area contributed by atoms with Crippen LogP contribution >= 0.6 is 12.4 Å². The van der Waals surface area contributed by atoms with Crippen molar-refractivity contribution in [1.82, 2.24) is 4.90 Å². The van der Waals surface area contributed by atoms with E-state index >= 15 is 0 Å². The fourth-order valence-corrected chi connectivity index (χ4v) is 2.70. The summed E-state index contributed by atoms with van der Waals surface area (Å²) >= 11 is 0. The highest BCUT2D eigenvalue weighted by Crippen LogP contribution is 2.16. The van der Waals surface area contributed by atoms with Crippen molar-refractivity contribution in [3.8, 4) is 0 Å². The Morgan fingerprint density at radius 3 is 2.57 bits per heavy atom. The predicted octanol–water partition coefficient (Wildman–Crippen LogP) is 3.68. The second kappa shape index (κ2) is 11.3. The molecule has 1 aliphatic heterocycles. The summed E-state index contributed by atoms with van der Waals surface area (Å²) in [6.07, 6.45) is 4.72. The molecule has 1 amide bonds.